The Morgan fingerprint density at radius 2 is 1.83 bits per heavy atom. The van der Waals surface area contributed by atoms with E-state index in [9.17, 15) is 22.8 Å². The lowest BCUT2D eigenvalue weighted by Gasteiger charge is -2.38. The number of rotatable bonds is 4. The van der Waals surface area contributed by atoms with Gasteiger partial charge in [0.25, 0.3) is 5.91 Å². The lowest BCUT2D eigenvalue weighted by Crippen LogP contribution is -2.56. The number of nitrogens with one attached hydrogen (secondary N) is 2. The number of amides is 1. The van der Waals surface area contributed by atoms with E-state index >= 15 is 0 Å². The van der Waals surface area contributed by atoms with E-state index in [4.69, 9.17) is 4.74 Å². The van der Waals surface area contributed by atoms with Crippen molar-refractivity contribution in [2.24, 2.45) is 10.8 Å². The van der Waals surface area contributed by atoms with Crippen LogP contribution in [-0.4, -0.2) is 34.5 Å². The van der Waals surface area contributed by atoms with Gasteiger partial charge >= 0.3 is 12.1 Å². The van der Waals surface area contributed by atoms with Gasteiger partial charge in [0.05, 0.1) is 10.9 Å². The van der Waals surface area contributed by atoms with E-state index in [1.807, 2.05) is 20.8 Å². The van der Waals surface area contributed by atoms with Crippen LogP contribution in [0.1, 0.15) is 65.0 Å². The molecular weight excluding hydrogens is 459 g/mol. The summed E-state index contributed by atoms with van der Waals surface area (Å²) >= 11 is 0. The summed E-state index contributed by atoms with van der Waals surface area (Å²) in [6.07, 6.45) is -0.546. The van der Waals surface area contributed by atoms with E-state index in [1.165, 1.54) is 0 Å². The van der Waals surface area contributed by atoms with Crippen LogP contribution in [0.25, 0.3) is 10.9 Å². The summed E-state index contributed by atoms with van der Waals surface area (Å²) in [6, 6.07) is 7.52. The number of nitrogens with zero attached hydrogens (tertiary/aromatic N) is 1. The molecule has 35 heavy (non-hydrogen) atoms. The van der Waals surface area contributed by atoms with E-state index in [0.717, 1.165) is 25.3 Å². The summed E-state index contributed by atoms with van der Waals surface area (Å²) in [5.74, 6) is -0.589. The molecule has 188 valence electrons. The number of aromatic nitrogens is 1. The Morgan fingerprint density at radius 3 is 2.49 bits per heavy atom. The highest BCUT2D eigenvalue weighted by atomic mass is 19.4. The number of fused-ring (bicyclic) bond motifs is 3. The van der Waals surface area contributed by atoms with Crippen LogP contribution in [-0.2, 0) is 20.5 Å². The van der Waals surface area contributed by atoms with Crippen LogP contribution < -0.4 is 10.6 Å². The van der Waals surface area contributed by atoms with E-state index in [-0.39, 0.29) is 29.5 Å². The molecule has 3 fully saturated rings. The molecule has 2 heterocycles. The highest BCUT2D eigenvalue weighted by Gasteiger charge is 2.75. The molecule has 5 rings (SSSR count). The van der Waals surface area contributed by atoms with Gasteiger partial charge in [0, 0.05) is 28.6 Å². The molecule has 2 aromatic rings. The van der Waals surface area contributed by atoms with Crippen molar-refractivity contribution in [3.63, 3.8) is 0 Å². The first-order chi connectivity index (χ1) is 16.4. The minimum Gasteiger partial charge on any atom is -0.448 e. The van der Waals surface area contributed by atoms with Crippen molar-refractivity contribution in [3.8, 4) is 0 Å². The molecular formula is C26H30F3N3O3. The molecule has 1 aliphatic heterocycles. The summed E-state index contributed by atoms with van der Waals surface area (Å²) < 4.78 is 46.0. The molecule has 4 atom stereocenters. The number of halogens is 3. The number of alkyl halides is 3. The zero-order valence-corrected chi connectivity index (χ0v) is 20.1. The van der Waals surface area contributed by atoms with Crippen molar-refractivity contribution in [1.29, 1.82) is 0 Å². The zero-order chi connectivity index (χ0) is 25.2. The maximum Gasteiger partial charge on any atom is 0.433 e. The third-order valence-electron chi connectivity index (χ3n) is 8.83. The molecule has 0 radical (unpaired) electrons. The molecule has 2 bridgehead atoms. The molecule has 1 aromatic heterocycles. The minimum absolute atomic E-state index is 0.119. The third-order valence-corrected chi connectivity index (χ3v) is 8.83. The molecule has 6 nitrogen and oxygen atoms in total. The number of para-hydroxylation sites is 1. The normalized spacial score (nSPS) is 31.9. The van der Waals surface area contributed by atoms with Gasteiger partial charge in [-0.2, -0.15) is 13.2 Å². The Balaban J connectivity index is 1.33. The topological polar surface area (TPSA) is 80.3 Å². The van der Waals surface area contributed by atoms with Crippen LogP contribution in [0, 0.1) is 10.8 Å². The van der Waals surface area contributed by atoms with Gasteiger partial charge in [-0.25, -0.2) is 4.98 Å². The Labute approximate surface area is 202 Å². The number of ether oxygens (including phenoxy) is 1. The number of esters is 1. The Bertz CT molecular complexity index is 1200. The maximum atomic E-state index is 13.4. The fraction of sp³-hybridized carbons (Fsp3) is 0.577. The molecule has 1 aromatic carbocycles. The second kappa shape index (κ2) is 7.83. The fourth-order valence-electron chi connectivity index (χ4n) is 6.16. The van der Waals surface area contributed by atoms with Gasteiger partial charge in [0.1, 0.15) is 5.69 Å². The molecule has 1 saturated heterocycles. The number of carbonyl (C=O) groups is 2. The van der Waals surface area contributed by atoms with Gasteiger partial charge in [-0.1, -0.05) is 32.0 Å². The van der Waals surface area contributed by atoms with E-state index in [0.29, 0.717) is 30.3 Å². The molecule has 9 heteroatoms. The van der Waals surface area contributed by atoms with Crippen molar-refractivity contribution in [2.45, 2.75) is 83.2 Å². The predicted octanol–water partition coefficient (Wildman–Crippen LogP) is 5.21. The second-order valence-corrected chi connectivity index (χ2v) is 10.9. The van der Waals surface area contributed by atoms with Gasteiger partial charge in [0.15, 0.2) is 5.60 Å². The summed E-state index contributed by atoms with van der Waals surface area (Å²) in [5.41, 5.74) is -2.76. The first-order valence-electron chi connectivity index (χ1n) is 12.2. The number of benzene rings is 1. The summed E-state index contributed by atoms with van der Waals surface area (Å²) in [7, 11) is 0. The van der Waals surface area contributed by atoms with Crippen LogP contribution in [0.15, 0.2) is 30.3 Å². The third kappa shape index (κ3) is 3.57. The number of carbonyl (C=O) groups excluding carboxylic acids is 2. The average molecular weight is 490 g/mol. The van der Waals surface area contributed by atoms with E-state index < -0.39 is 28.3 Å². The van der Waals surface area contributed by atoms with Crippen LogP contribution in [0.5, 0.6) is 0 Å². The highest BCUT2D eigenvalue weighted by molar-refractivity contribution is 5.96. The Kier molecular flexibility index (Phi) is 5.34. The van der Waals surface area contributed by atoms with E-state index in [1.54, 1.807) is 24.3 Å². The monoisotopic (exact) mass is 489 g/mol. The molecule has 0 unspecified atom stereocenters. The van der Waals surface area contributed by atoms with Crippen molar-refractivity contribution in [3.05, 3.63) is 36.0 Å². The van der Waals surface area contributed by atoms with Crippen molar-refractivity contribution >= 4 is 28.5 Å². The van der Waals surface area contributed by atoms with Crippen LogP contribution in [0.4, 0.5) is 18.9 Å². The number of hydrogen-bond acceptors (Lipinski definition) is 5. The van der Waals surface area contributed by atoms with Crippen molar-refractivity contribution in [1.82, 2.24) is 10.3 Å². The number of pyridine rings is 1. The fourth-order valence-corrected chi connectivity index (χ4v) is 6.16. The van der Waals surface area contributed by atoms with Gasteiger partial charge in [-0.15, -0.1) is 0 Å². The highest BCUT2D eigenvalue weighted by Crippen LogP contribution is 2.65. The predicted molar refractivity (Wildman–Crippen MR) is 124 cm³/mol. The second-order valence-electron chi connectivity index (χ2n) is 10.9. The smallest absolute Gasteiger partial charge is 0.433 e. The standard InChI is InChI=1S/C26H30F3N3O3/c1-23(2)24(3)11-12-25(23,35-22(24)34)21(33)31-16-8-6-7-15(13-16)30-19-14-20(26(27,28)29)32-18-10-5-4-9-17(18)19/h4-5,9-10,14-16H,6-8,11-13H2,1-3H3,(H,30,32)(H,31,33)/t15-,16+,24+,25-/m0/s1. The molecule has 2 aliphatic carbocycles. The van der Waals surface area contributed by atoms with Crippen molar-refractivity contribution in [2.75, 3.05) is 5.32 Å². The lowest BCUT2D eigenvalue weighted by molar-refractivity contribution is -0.168. The summed E-state index contributed by atoms with van der Waals surface area (Å²) in [6.45, 7) is 5.71. The lowest BCUT2D eigenvalue weighted by atomic mass is 9.66. The first kappa shape index (κ1) is 23.9. The Hall–Kier alpha value is -2.84. The quantitative estimate of drug-likeness (QED) is 0.576. The Morgan fingerprint density at radius 1 is 1.11 bits per heavy atom. The summed E-state index contributed by atoms with van der Waals surface area (Å²) in [4.78, 5) is 29.8. The number of anilines is 1. The van der Waals surface area contributed by atoms with Crippen LogP contribution in [0.3, 0.4) is 0 Å². The molecule has 1 amide bonds. The van der Waals surface area contributed by atoms with Gasteiger partial charge < -0.3 is 15.4 Å². The summed E-state index contributed by atoms with van der Waals surface area (Å²) in [5, 5.41) is 7.03. The van der Waals surface area contributed by atoms with Gasteiger partial charge in [-0.05, 0) is 57.6 Å². The number of hydrogen-bond donors (Lipinski definition) is 2. The minimum atomic E-state index is -4.55. The average Bonchev–Trinajstić information content (AvgIpc) is 3.09. The molecule has 2 N–H and O–H groups in total. The maximum absolute atomic E-state index is 13.4. The van der Waals surface area contributed by atoms with Gasteiger partial charge in [0.2, 0.25) is 0 Å². The first-order valence-corrected chi connectivity index (χ1v) is 12.2. The van der Waals surface area contributed by atoms with Crippen LogP contribution >= 0.6 is 0 Å². The largest absolute Gasteiger partial charge is 0.448 e. The van der Waals surface area contributed by atoms with Crippen LogP contribution in [0.2, 0.25) is 0 Å². The van der Waals surface area contributed by atoms with E-state index in [2.05, 4.69) is 15.6 Å². The molecule has 3 aliphatic rings. The molecule has 0 spiro atoms. The van der Waals surface area contributed by atoms with Crippen molar-refractivity contribution < 1.29 is 27.5 Å². The zero-order valence-electron chi connectivity index (χ0n) is 20.1. The van der Waals surface area contributed by atoms with Gasteiger partial charge in [-0.3, -0.25) is 9.59 Å². The SMILES string of the molecule is CC1(C)[C@@]2(C(=O)N[C@@H]3CCC[C@H](Nc4cc(C(F)(F)F)nc5ccccc45)C3)CC[C@]1(C)C(=O)O2. The molecule has 2 saturated carbocycles.